The van der Waals surface area contributed by atoms with Crippen LogP contribution < -0.4 is 0 Å². The zero-order valence-corrected chi connectivity index (χ0v) is 5.88. The summed E-state index contributed by atoms with van der Waals surface area (Å²) in [5.74, 6) is -0.498. The third kappa shape index (κ3) is 1.70. The average molecular weight is 144 g/mol. The highest BCUT2D eigenvalue weighted by molar-refractivity contribution is 5.72. The number of carbonyl (C=O) groups excluding carboxylic acids is 1. The van der Waals surface area contributed by atoms with E-state index >= 15 is 0 Å². The summed E-state index contributed by atoms with van der Waals surface area (Å²) in [6, 6.07) is 0. The molecule has 58 valence electrons. The Balaban J connectivity index is 2.43. The van der Waals surface area contributed by atoms with E-state index in [9.17, 15) is 4.79 Å². The van der Waals surface area contributed by atoms with Crippen LogP contribution in [0.1, 0.15) is 19.3 Å². The van der Waals surface area contributed by atoms with Gasteiger partial charge in [0.05, 0.1) is 19.1 Å². The average Bonchev–Trinajstić information content (AvgIpc) is 2.13. The molecule has 0 saturated carbocycles. The second kappa shape index (κ2) is 3.56. The van der Waals surface area contributed by atoms with E-state index in [0.29, 0.717) is 6.61 Å². The van der Waals surface area contributed by atoms with Gasteiger partial charge in [0.15, 0.2) is 0 Å². The molecule has 0 amide bonds. The van der Waals surface area contributed by atoms with Crippen LogP contribution in [-0.2, 0) is 9.53 Å². The molecule has 10 heavy (non-hydrogen) atoms. The molecule has 0 aliphatic carbocycles. The number of hydrogen-bond donors (Lipinski definition) is 1. The van der Waals surface area contributed by atoms with Gasteiger partial charge in [-0.3, -0.25) is 4.79 Å². The predicted molar refractivity (Wildman–Crippen MR) is 35.4 cm³/mol. The lowest BCUT2D eigenvalue weighted by atomic mass is 10.1. The number of carbonyl (C=O) groups is 1. The minimum absolute atomic E-state index is 0.0706. The Morgan fingerprint density at radius 1 is 1.60 bits per heavy atom. The van der Waals surface area contributed by atoms with E-state index < -0.39 is 0 Å². The van der Waals surface area contributed by atoms with E-state index in [1.54, 1.807) is 0 Å². The van der Waals surface area contributed by atoms with Crippen LogP contribution in [0.5, 0.6) is 0 Å². The highest BCUT2D eigenvalue weighted by atomic mass is 16.5. The maximum absolute atomic E-state index is 10.9. The summed E-state index contributed by atoms with van der Waals surface area (Å²) in [5.41, 5.74) is 0. The first kappa shape index (κ1) is 7.54. The van der Waals surface area contributed by atoms with Crippen molar-refractivity contribution in [2.24, 2.45) is 5.92 Å². The molecule has 1 aliphatic heterocycles. The van der Waals surface area contributed by atoms with Crippen molar-refractivity contribution in [3.63, 3.8) is 0 Å². The number of ether oxygens (including phenoxy) is 1. The molecule has 1 heterocycles. The number of aliphatic hydroxyl groups excluding tert-OH is 1. The van der Waals surface area contributed by atoms with Gasteiger partial charge in [-0.25, -0.2) is 0 Å². The molecule has 1 N–H and O–H groups in total. The fourth-order valence-corrected chi connectivity index (χ4v) is 1.07. The van der Waals surface area contributed by atoms with Gasteiger partial charge >= 0.3 is 5.97 Å². The van der Waals surface area contributed by atoms with E-state index in [0.717, 1.165) is 19.3 Å². The first-order valence-electron chi connectivity index (χ1n) is 3.62. The SMILES string of the molecule is O=C1OCCCCC1CO. The first-order chi connectivity index (χ1) is 4.84. The molecule has 1 fully saturated rings. The van der Waals surface area contributed by atoms with E-state index in [4.69, 9.17) is 9.84 Å². The maximum atomic E-state index is 10.9. The second-order valence-corrected chi connectivity index (χ2v) is 2.54. The molecule has 1 saturated heterocycles. The molecule has 0 aromatic heterocycles. The van der Waals surface area contributed by atoms with Crippen molar-refractivity contribution in [3.8, 4) is 0 Å². The molecular weight excluding hydrogens is 132 g/mol. The lowest BCUT2D eigenvalue weighted by Crippen LogP contribution is -2.18. The van der Waals surface area contributed by atoms with Gasteiger partial charge in [-0.2, -0.15) is 0 Å². The summed E-state index contributed by atoms with van der Waals surface area (Å²) in [6.45, 7) is 0.453. The third-order valence-electron chi connectivity index (χ3n) is 1.74. The molecule has 1 aliphatic rings. The largest absolute Gasteiger partial charge is 0.465 e. The molecular formula is C7H12O3. The summed E-state index contributed by atoms with van der Waals surface area (Å²) >= 11 is 0. The number of esters is 1. The molecule has 1 rings (SSSR count). The van der Waals surface area contributed by atoms with Gasteiger partial charge < -0.3 is 9.84 Å². The minimum atomic E-state index is -0.262. The Kier molecular flexibility index (Phi) is 2.68. The second-order valence-electron chi connectivity index (χ2n) is 2.54. The number of aliphatic hydroxyl groups is 1. The monoisotopic (exact) mass is 144 g/mol. The molecule has 0 aromatic carbocycles. The van der Waals surface area contributed by atoms with E-state index in [1.807, 2.05) is 0 Å². The zero-order chi connectivity index (χ0) is 7.40. The Labute approximate surface area is 60.0 Å². The van der Waals surface area contributed by atoms with Gasteiger partial charge in [-0.1, -0.05) is 0 Å². The van der Waals surface area contributed by atoms with Gasteiger partial charge in [-0.15, -0.1) is 0 Å². The Morgan fingerprint density at radius 3 is 3.10 bits per heavy atom. The first-order valence-corrected chi connectivity index (χ1v) is 3.62. The van der Waals surface area contributed by atoms with Crippen molar-refractivity contribution in [2.45, 2.75) is 19.3 Å². The van der Waals surface area contributed by atoms with Crippen LogP contribution in [0.2, 0.25) is 0 Å². The van der Waals surface area contributed by atoms with Crippen molar-refractivity contribution in [2.75, 3.05) is 13.2 Å². The van der Waals surface area contributed by atoms with Crippen molar-refractivity contribution < 1.29 is 14.6 Å². The maximum Gasteiger partial charge on any atom is 0.311 e. The van der Waals surface area contributed by atoms with Crippen LogP contribution in [0.4, 0.5) is 0 Å². The third-order valence-corrected chi connectivity index (χ3v) is 1.74. The Morgan fingerprint density at radius 2 is 2.40 bits per heavy atom. The van der Waals surface area contributed by atoms with Gasteiger partial charge in [0.2, 0.25) is 0 Å². The van der Waals surface area contributed by atoms with Crippen molar-refractivity contribution in [3.05, 3.63) is 0 Å². The predicted octanol–water partition coefficient (Wildman–Crippen LogP) is 0.322. The lowest BCUT2D eigenvalue weighted by Gasteiger charge is -2.06. The lowest BCUT2D eigenvalue weighted by molar-refractivity contribution is -0.148. The molecule has 0 radical (unpaired) electrons. The molecule has 0 bridgehead atoms. The van der Waals surface area contributed by atoms with Crippen LogP contribution in [0, 0.1) is 5.92 Å². The molecule has 1 unspecified atom stereocenters. The summed E-state index contributed by atoms with van der Waals surface area (Å²) in [4.78, 5) is 10.9. The highest BCUT2D eigenvalue weighted by Gasteiger charge is 2.20. The molecule has 0 spiro atoms. The number of rotatable bonds is 1. The summed E-state index contributed by atoms with van der Waals surface area (Å²) in [6.07, 6.45) is 2.69. The van der Waals surface area contributed by atoms with Crippen molar-refractivity contribution >= 4 is 5.97 Å². The quantitative estimate of drug-likeness (QED) is 0.539. The van der Waals surface area contributed by atoms with Crippen LogP contribution in [0.3, 0.4) is 0 Å². The number of cyclic esters (lactones) is 1. The van der Waals surface area contributed by atoms with Gasteiger partial charge in [0.25, 0.3) is 0 Å². The topological polar surface area (TPSA) is 46.5 Å². The summed E-state index contributed by atoms with van der Waals surface area (Å²) in [7, 11) is 0. The summed E-state index contributed by atoms with van der Waals surface area (Å²) in [5, 5.41) is 8.69. The molecule has 0 aromatic rings. The highest BCUT2D eigenvalue weighted by Crippen LogP contribution is 2.14. The number of hydrogen-bond acceptors (Lipinski definition) is 3. The van der Waals surface area contributed by atoms with E-state index in [1.165, 1.54) is 0 Å². The van der Waals surface area contributed by atoms with Crippen molar-refractivity contribution in [1.29, 1.82) is 0 Å². The van der Waals surface area contributed by atoms with Gasteiger partial charge in [0, 0.05) is 0 Å². The van der Waals surface area contributed by atoms with Crippen LogP contribution in [0.25, 0.3) is 0 Å². The minimum Gasteiger partial charge on any atom is -0.465 e. The normalized spacial score (nSPS) is 27.3. The van der Waals surface area contributed by atoms with E-state index in [-0.39, 0.29) is 18.5 Å². The van der Waals surface area contributed by atoms with Gasteiger partial charge in [0.1, 0.15) is 0 Å². The van der Waals surface area contributed by atoms with E-state index in [2.05, 4.69) is 0 Å². The van der Waals surface area contributed by atoms with Gasteiger partial charge in [-0.05, 0) is 19.3 Å². The fraction of sp³-hybridized carbons (Fsp3) is 0.857. The Hall–Kier alpha value is -0.570. The van der Waals surface area contributed by atoms with Crippen LogP contribution >= 0.6 is 0 Å². The zero-order valence-electron chi connectivity index (χ0n) is 5.88. The summed E-state index contributed by atoms with van der Waals surface area (Å²) < 4.78 is 4.81. The molecule has 1 atom stereocenters. The van der Waals surface area contributed by atoms with Crippen LogP contribution in [-0.4, -0.2) is 24.3 Å². The Bertz CT molecular complexity index is 122. The smallest absolute Gasteiger partial charge is 0.311 e. The van der Waals surface area contributed by atoms with Crippen molar-refractivity contribution in [1.82, 2.24) is 0 Å². The standard InChI is InChI=1S/C7H12O3/c8-5-6-3-1-2-4-10-7(6)9/h6,8H,1-5H2. The van der Waals surface area contributed by atoms with Crippen LogP contribution in [0.15, 0.2) is 0 Å². The molecule has 3 nitrogen and oxygen atoms in total. The fourth-order valence-electron chi connectivity index (χ4n) is 1.07. The molecule has 3 heteroatoms.